The SMILES string of the molecule is CCc1c(C)/c2[n-]/c1=C\C1=C(C)[C@]3(O[C@@H]3C)C(/C=c3\[n-]/c(c(CCC(=O)O)c3C)=C\c3[n-]c(c(C)c3CCC(=O)O)\C=2)[N-]1.[Fe+4]. The first-order chi connectivity index (χ1) is 20.4. The van der Waals surface area contributed by atoms with E-state index >= 15 is 0 Å². The number of epoxide rings is 1. The Kier molecular flexibility index (Phi) is 8.39. The van der Waals surface area contributed by atoms with Gasteiger partial charge in [0.15, 0.2) is 0 Å². The Morgan fingerprint density at radius 1 is 0.795 bits per heavy atom. The quantitative estimate of drug-likeness (QED) is 0.294. The van der Waals surface area contributed by atoms with Crippen LogP contribution in [0.1, 0.15) is 78.4 Å². The zero-order chi connectivity index (χ0) is 30.8. The first-order valence-electron chi connectivity index (χ1n) is 14.9. The van der Waals surface area contributed by atoms with Crippen molar-refractivity contribution in [2.75, 3.05) is 0 Å². The Balaban J connectivity index is 0.00000384. The molecule has 9 nitrogen and oxygen atoms in total. The largest absolute Gasteiger partial charge is 4.00 e. The number of hydrogen-bond donors (Lipinski definition) is 2. The van der Waals surface area contributed by atoms with Crippen LogP contribution in [0, 0.1) is 20.8 Å². The number of carboxylic acids is 2. The minimum atomic E-state index is -0.884. The number of fused-ring (bicyclic) bond motifs is 9. The minimum absolute atomic E-state index is 0. The maximum Gasteiger partial charge on any atom is 4.00 e. The second kappa shape index (κ2) is 11.7. The van der Waals surface area contributed by atoms with Crippen molar-refractivity contribution in [2.45, 2.75) is 91.4 Å². The number of rotatable bonds is 7. The van der Waals surface area contributed by atoms with E-state index in [1.165, 1.54) is 0 Å². The molecule has 3 atom stereocenters. The summed E-state index contributed by atoms with van der Waals surface area (Å²) in [5, 5.41) is 27.2. The predicted molar refractivity (Wildman–Crippen MR) is 162 cm³/mol. The van der Waals surface area contributed by atoms with Crippen molar-refractivity contribution in [3.8, 4) is 0 Å². The molecule has 8 bridgehead atoms. The van der Waals surface area contributed by atoms with Gasteiger partial charge in [-0.1, -0.05) is 70.1 Å². The third-order valence-corrected chi connectivity index (χ3v) is 9.43. The Labute approximate surface area is 266 Å². The maximum absolute atomic E-state index is 11.6. The fraction of sp³-hybridized carbons (Fsp3) is 0.412. The second-order valence-corrected chi connectivity index (χ2v) is 11.8. The Morgan fingerprint density at radius 2 is 1.36 bits per heavy atom. The van der Waals surface area contributed by atoms with Gasteiger partial charge in [0.25, 0.3) is 0 Å². The smallest absolute Gasteiger partial charge is 0.676 e. The molecule has 3 aromatic rings. The van der Waals surface area contributed by atoms with Crippen molar-refractivity contribution in [1.82, 2.24) is 15.0 Å². The van der Waals surface area contributed by atoms with E-state index in [0.717, 1.165) is 72.8 Å². The Hall–Kier alpha value is -3.72. The van der Waals surface area contributed by atoms with Crippen LogP contribution >= 0.6 is 0 Å². The maximum atomic E-state index is 11.6. The van der Waals surface area contributed by atoms with Crippen molar-refractivity contribution in [3.63, 3.8) is 0 Å². The monoisotopic (exact) mass is 636 g/mol. The van der Waals surface area contributed by atoms with Crippen LogP contribution in [-0.4, -0.2) is 39.9 Å². The van der Waals surface area contributed by atoms with E-state index in [1.807, 2.05) is 32.1 Å². The van der Waals surface area contributed by atoms with E-state index in [2.05, 4.69) is 33.8 Å². The van der Waals surface area contributed by atoms with Gasteiger partial charge in [-0.2, -0.15) is 0 Å². The third-order valence-electron chi connectivity index (χ3n) is 9.43. The molecule has 1 spiro atoms. The van der Waals surface area contributed by atoms with Crippen LogP contribution in [0.15, 0.2) is 11.3 Å². The molecule has 0 aromatic carbocycles. The molecule has 44 heavy (non-hydrogen) atoms. The number of carbonyl (C=O) groups is 2. The molecular weight excluding hydrogens is 600 g/mol. The Bertz CT molecular complexity index is 1960. The molecule has 3 aliphatic rings. The molecule has 1 fully saturated rings. The van der Waals surface area contributed by atoms with Crippen molar-refractivity contribution in [3.05, 3.63) is 82.8 Å². The molecule has 230 valence electrons. The minimum Gasteiger partial charge on any atom is -0.676 e. The zero-order valence-electron chi connectivity index (χ0n) is 25.8. The zero-order valence-corrected chi connectivity index (χ0v) is 26.9. The number of aliphatic carboxylic acids is 2. The fourth-order valence-electron chi connectivity index (χ4n) is 6.80. The van der Waals surface area contributed by atoms with E-state index in [9.17, 15) is 19.8 Å². The van der Waals surface area contributed by atoms with Gasteiger partial charge in [-0.3, -0.25) is 9.59 Å². The summed E-state index contributed by atoms with van der Waals surface area (Å²) in [6.07, 6.45) is 9.33. The van der Waals surface area contributed by atoms with E-state index in [0.29, 0.717) is 23.9 Å². The molecule has 0 radical (unpaired) electrons. The molecule has 6 rings (SSSR count). The third kappa shape index (κ3) is 5.19. The molecule has 3 aliphatic heterocycles. The fourth-order valence-corrected chi connectivity index (χ4v) is 6.80. The van der Waals surface area contributed by atoms with Gasteiger partial charge in [0.05, 0.1) is 6.10 Å². The Morgan fingerprint density at radius 3 is 1.98 bits per heavy atom. The van der Waals surface area contributed by atoms with E-state index in [4.69, 9.17) is 25.0 Å². The molecule has 3 aromatic heterocycles. The number of aromatic nitrogens is 3. The molecule has 0 amide bonds. The average Bonchev–Trinajstić information content (AvgIpc) is 3.09. The number of ether oxygens (including phenoxy) is 1. The van der Waals surface area contributed by atoms with Gasteiger partial charge in [0.2, 0.25) is 0 Å². The van der Waals surface area contributed by atoms with Crippen LogP contribution in [0.3, 0.4) is 0 Å². The van der Waals surface area contributed by atoms with Crippen LogP contribution in [0.4, 0.5) is 0 Å². The van der Waals surface area contributed by atoms with Gasteiger partial charge >= 0.3 is 29.0 Å². The van der Waals surface area contributed by atoms with Gasteiger partial charge < -0.3 is 35.2 Å². The van der Waals surface area contributed by atoms with Crippen molar-refractivity contribution < 1.29 is 41.6 Å². The normalized spacial score (nSPS) is 24.6. The number of nitrogens with zero attached hydrogens (tertiary/aromatic N) is 4. The summed E-state index contributed by atoms with van der Waals surface area (Å²) in [5.74, 6) is -1.77. The summed E-state index contributed by atoms with van der Waals surface area (Å²) in [6.45, 7) is 12.3. The summed E-state index contributed by atoms with van der Waals surface area (Å²) in [6, 6.07) is -0.292. The second-order valence-electron chi connectivity index (χ2n) is 11.8. The molecule has 0 saturated carbocycles. The average molecular weight is 637 g/mol. The first-order valence-corrected chi connectivity index (χ1v) is 14.9. The standard InChI is InChI=1S/C34H36N4O5.Fe/c1-7-21-16(2)24-12-25-17(3)22(8-10-32(39)40)29(36-25)14-30-23(9-11-33(41)42)18(4)26(37-30)15-31-34(20(6)43-34)19(5)27(38-31)13-28(21)35-24;/h12-15,20,31H,7-11H2,1-6H3,(H,39,40)(H,41,42);/q-4;+4/b24-12-,26-15-,28-13-,30-14-;/t20-,31?,34-;/m1./s1. The summed E-state index contributed by atoms with van der Waals surface area (Å²) in [5.41, 5.74) is 8.49. The molecule has 2 N–H and O–H groups in total. The summed E-state index contributed by atoms with van der Waals surface area (Å²) >= 11 is 0. The van der Waals surface area contributed by atoms with Crippen LogP contribution in [0.2, 0.25) is 0 Å². The molecular formula is C34H36FeN4O5. The van der Waals surface area contributed by atoms with E-state index in [1.54, 1.807) is 0 Å². The van der Waals surface area contributed by atoms with Crippen LogP contribution in [0.25, 0.3) is 29.6 Å². The first kappa shape index (κ1) is 31.7. The van der Waals surface area contributed by atoms with Crippen molar-refractivity contribution in [2.24, 2.45) is 0 Å². The van der Waals surface area contributed by atoms with Crippen molar-refractivity contribution >= 4 is 36.2 Å². The van der Waals surface area contributed by atoms with Crippen LogP contribution < -0.4 is 36.3 Å². The number of hydrogen-bond acceptors (Lipinski definition) is 3. The van der Waals surface area contributed by atoms with Gasteiger partial charge in [0.1, 0.15) is 5.60 Å². The summed E-state index contributed by atoms with van der Waals surface area (Å²) < 4.78 is 6.24. The number of carboxylic acid groups (broad SMARTS) is 2. The van der Waals surface area contributed by atoms with Crippen molar-refractivity contribution in [1.29, 1.82) is 0 Å². The molecule has 1 saturated heterocycles. The van der Waals surface area contributed by atoms with Gasteiger partial charge in [0, 0.05) is 12.8 Å². The molecule has 0 aliphatic carbocycles. The predicted octanol–water partition coefficient (Wildman–Crippen LogP) is 1.50. The number of allylic oxidation sites excluding steroid dienone is 1. The summed E-state index contributed by atoms with van der Waals surface area (Å²) in [7, 11) is 0. The molecule has 1 unspecified atom stereocenters. The summed E-state index contributed by atoms with van der Waals surface area (Å²) in [4.78, 5) is 38.1. The van der Waals surface area contributed by atoms with Gasteiger partial charge in [-0.25, -0.2) is 0 Å². The molecule has 10 heteroatoms. The van der Waals surface area contributed by atoms with Crippen LogP contribution in [-0.2, 0) is 50.7 Å². The van der Waals surface area contributed by atoms with E-state index in [-0.39, 0.29) is 42.1 Å². The molecule has 6 heterocycles. The topological polar surface area (TPSA) is 144 Å². The van der Waals surface area contributed by atoms with Crippen LogP contribution in [0.5, 0.6) is 0 Å². The van der Waals surface area contributed by atoms with E-state index < -0.39 is 17.5 Å². The van der Waals surface area contributed by atoms with Gasteiger partial charge in [-0.15, -0.1) is 44.6 Å². The van der Waals surface area contributed by atoms with Gasteiger partial charge in [-0.05, 0) is 53.9 Å².